The van der Waals surface area contributed by atoms with E-state index < -0.39 is 17.9 Å². The first-order valence-electron chi connectivity index (χ1n) is 8.88. The highest BCUT2D eigenvalue weighted by Crippen LogP contribution is 2.42. The molecule has 3 heterocycles. The van der Waals surface area contributed by atoms with Crippen molar-refractivity contribution in [2.75, 3.05) is 24.4 Å². The summed E-state index contributed by atoms with van der Waals surface area (Å²) in [5.74, 6) is -1.07. The van der Waals surface area contributed by atoms with Gasteiger partial charge in [-0.3, -0.25) is 9.62 Å². The molecular weight excluding hydrogens is 416 g/mol. The maximum Gasteiger partial charge on any atom is 0.391 e. The molecule has 28 heavy (non-hydrogen) atoms. The van der Waals surface area contributed by atoms with Crippen LogP contribution in [-0.2, 0) is 0 Å². The van der Waals surface area contributed by atoms with E-state index in [0.717, 1.165) is 11.9 Å². The summed E-state index contributed by atoms with van der Waals surface area (Å²) < 4.78 is 62.0. The fraction of sp³-hybridized carbons (Fsp3) is 0.529. The molecule has 1 fully saturated rings. The summed E-state index contributed by atoms with van der Waals surface area (Å²) in [4.78, 5) is 2.39. The summed E-state index contributed by atoms with van der Waals surface area (Å²) in [6.45, 7) is 1.16. The van der Waals surface area contributed by atoms with Gasteiger partial charge in [0.25, 0.3) is 0 Å². The molecule has 11 heteroatoms. The first-order chi connectivity index (χ1) is 13.4. The molecule has 4 rings (SSSR count). The van der Waals surface area contributed by atoms with E-state index in [9.17, 15) is 17.6 Å². The molecule has 0 spiro atoms. The van der Waals surface area contributed by atoms with Crippen molar-refractivity contribution < 1.29 is 22.3 Å². The van der Waals surface area contributed by atoms with Gasteiger partial charge in [0.15, 0.2) is 0 Å². The van der Waals surface area contributed by atoms with E-state index in [4.69, 9.17) is 4.74 Å². The standard InChI is InChI=1S/C17H18F4N4OS2/c18-12-7-11-13(25-4-1-10(2-5-25)17(19,20)21)3-6-26-14(11)8-15(12)28-24-16-23-22-9-27-16/h7-10,13H,1-6H2,(H,23,24)/t13-/m0/s1. The van der Waals surface area contributed by atoms with Crippen LogP contribution in [0, 0.1) is 11.7 Å². The fourth-order valence-corrected chi connectivity index (χ4v) is 4.85. The highest BCUT2D eigenvalue weighted by atomic mass is 32.2. The SMILES string of the molecule is Fc1cc2c(cc1SNc1nncs1)OCC[C@@H]2N1CCC(C(F)(F)F)CC1. The summed E-state index contributed by atoms with van der Waals surface area (Å²) in [6.07, 6.45) is -3.34. The lowest BCUT2D eigenvalue weighted by Crippen LogP contribution is -2.42. The molecule has 0 unspecified atom stereocenters. The number of fused-ring (bicyclic) bond motifs is 1. The van der Waals surface area contributed by atoms with Crippen LogP contribution >= 0.6 is 23.3 Å². The molecule has 1 N–H and O–H groups in total. The molecule has 0 amide bonds. The molecule has 2 aliphatic heterocycles. The van der Waals surface area contributed by atoms with Gasteiger partial charge in [-0.1, -0.05) is 11.3 Å². The van der Waals surface area contributed by atoms with Crippen LogP contribution in [0.5, 0.6) is 5.75 Å². The molecule has 5 nitrogen and oxygen atoms in total. The van der Waals surface area contributed by atoms with Crippen LogP contribution in [-0.4, -0.2) is 41.0 Å². The lowest BCUT2D eigenvalue weighted by Gasteiger charge is -2.40. The predicted octanol–water partition coefficient (Wildman–Crippen LogP) is 4.89. The molecule has 0 radical (unpaired) electrons. The molecule has 2 aliphatic rings. The predicted molar refractivity (Wildman–Crippen MR) is 99.0 cm³/mol. The van der Waals surface area contributed by atoms with Crippen LogP contribution in [0.15, 0.2) is 22.5 Å². The molecule has 0 saturated carbocycles. The van der Waals surface area contributed by atoms with E-state index >= 15 is 0 Å². The topological polar surface area (TPSA) is 50.3 Å². The van der Waals surface area contributed by atoms with Gasteiger partial charge in [-0.15, -0.1) is 10.2 Å². The third-order valence-corrected chi connectivity index (χ3v) is 6.68. The van der Waals surface area contributed by atoms with E-state index in [1.165, 1.54) is 17.4 Å². The second-order valence-electron chi connectivity index (χ2n) is 6.77. The number of nitrogens with zero attached hydrogens (tertiary/aromatic N) is 3. The highest BCUT2D eigenvalue weighted by Gasteiger charge is 2.42. The van der Waals surface area contributed by atoms with Gasteiger partial charge >= 0.3 is 6.18 Å². The number of likely N-dealkylation sites (tertiary alicyclic amines) is 1. The van der Waals surface area contributed by atoms with E-state index in [1.807, 2.05) is 4.90 Å². The zero-order valence-corrected chi connectivity index (χ0v) is 16.3. The van der Waals surface area contributed by atoms with Crippen LogP contribution in [0.25, 0.3) is 0 Å². The van der Waals surface area contributed by atoms with Gasteiger partial charge in [-0.25, -0.2) is 4.39 Å². The lowest BCUT2D eigenvalue weighted by atomic mass is 9.92. The number of halogens is 4. The first-order valence-corrected chi connectivity index (χ1v) is 10.6. The Balaban J connectivity index is 1.48. The zero-order chi connectivity index (χ0) is 19.7. The third-order valence-electron chi connectivity index (χ3n) is 5.11. The zero-order valence-electron chi connectivity index (χ0n) is 14.7. The summed E-state index contributed by atoms with van der Waals surface area (Å²) in [5, 5.41) is 8.11. The van der Waals surface area contributed by atoms with Gasteiger partial charge in [-0.05, 0) is 50.0 Å². The van der Waals surface area contributed by atoms with Gasteiger partial charge in [0.1, 0.15) is 17.1 Å². The molecule has 2 aromatic rings. The first kappa shape index (κ1) is 19.7. The minimum absolute atomic E-state index is 0.0817. The number of piperidine rings is 1. The molecule has 1 aromatic heterocycles. The van der Waals surface area contributed by atoms with Crippen molar-refractivity contribution in [1.29, 1.82) is 0 Å². The number of nitrogens with one attached hydrogen (secondary N) is 1. The molecule has 1 atom stereocenters. The minimum atomic E-state index is -4.14. The van der Waals surface area contributed by atoms with Gasteiger partial charge in [0, 0.05) is 18.0 Å². The second kappa shape index (κ2) is 8.03. The van der Waals surface area contributed by atoms with Gasteiger partial charge < -0.3 is 4.74 Å². The Labute approximate surface area is 167 Å². The quantitative estimate of drug-likeness (QED) is 0.546. The monoisotopic (exact) mass is 434 g/mol. The van der Waals surface area contributed by atoms with Crippen LogP contribution in [0.1, 0.15) is 30.9 Å². The van der Waals surface area contributed by atoms with Crippen molar-refractivity contribution in [3.63, 3.8) is 0 Å². The number of rotatable bonds is 4. The number of alkyl halides is 3. The molecule has 152 valence electrons. The summed E-state index contributed by atoms with van der Waals surface area (Å²) >= 11 is 2.38. The molecule has 1 aromatic carbocycles. The fourth-order valence-electron chi connectivity index (χ4n) is 3.68. The van der Waals surface area contributed by atoms with Crippen molar-refractivity contribution >= 4 is 28.4 Å². The number of anilines is 1. The van der Waals surface area contributed by atoms with Crippen LogP contribution in [0.4, 0.5) is 22.7 Å². The Morgan fingerprint density at radius 1 is 1.21 bits per heavy atom. The number of ether oxygens (including phenoxy) is 1. The largest absolute Gasteiger partial charge is 0.493 e. The summed E-state index contributed by atoms with van der Waals surface area (Å²) in [5.41, 5.74) is 2.27. The van der Waals surface area contributed by atoms with Crippen molar-refractivity contribution in [1.82, 2.24) is 15.1 Å². The molecular formula is C17H18F4N4OS2. The van der Waals surface area contributed by atoms with Gasteiger partial charge in [0.2, 0.25) is 5.13 Å². The number of hydrogen-bond acceptors (Lipinski definition) is 7. The Morgan fingerprint density at radius 3 is 2.68 bits per heavy atom. The summed E-state index contributed by atoms with van der Waals surface area (Å²) in [7, 11) is 0. The Kier molecular flexibility index (Phi) is 5.66. The number of aromatic nitrogens is 2. The van der Waals surface area contributed by atoms with Crippen LogP contribution in [0.2, 0.25) is 0 Å². The molecule has 1 saturated heterocycles. The van der Waals surface area contributed by atoms with E-state index in [2.05, 4.69) is 14.9 Å². The smallest absolute Gasteiger partial charge is 0.391 e. The van der Waals surface area contributed by atoms with Crippen molar-refractivity contribution in [2.24, 2.45) is 5.92 Å². The molecule has 0 bridgehead atoms. The van der Waals surface area contributed by atoms with Gasteiger partial charge in [0.05, 0.1) is 17.4 Å². The average Bonchev–Trinajstić information content (AvgIpc) is 3.19. The highest BCUT2D eigenvalue weighted by molar-refractivity contribution is 8.00. The van der Waals surface area contributed by atoms with Gasteiger partial charge in [-0.2, -0.15) is 13.2 Å². The summed E-state index contributed by atoms with van der Waals surface area (Å²) in [6, 6.07) is 2.96. The van der Waals surface area contributed by atoms with E-state index in [0.29, 0.717) is 47.5 Å². The lowest BCUT2D eigenvalue weighted by molar-refractivity contribution is -0.186. The maximum absolute atomic E-state index is 14.6. The number of benzene rings is 1. The molecule has 0 aliphatic carbocycles. The third kappa shape index (κ3) is 4.20. The van der Waals surface area contributed by atoms with E-state index in [-0.39, 0.29) is 18.9 Å². The van der Waals surface area contributed by atoms with Crippen molar-refractivity contribution in [3.8, 4) is 5.75 Å². The Hall–Kier alpha value is -1.59. The maximum atomic E-state index is 14.6. The Bertz CT molecular complexity index is 810. The van der Waals surface area contributed by atoms with Crippen LogP contribution in [0.3, 0.4) is 0 Å². The van der Waals surface area contributed by atoms with Crippen molar-refractivity contribution in [2.45, 2.75) is 36.4 Å². The average molecular weight is 434 g/mol. The second-order valence-corrected chi connectivity index (χ2v) is 8.45. The Morgan fingerprint density at radius 2 is 2.00 bits per heavy atom. The number of hydrogen-bond donors (Lipinski definition) is 1. The normalized spacial score (nSPS) is 21.2. The van der Waals surface area contributed by atoms with Crippen molar-refractivity contribution in [3.05, 3.63) is 29.0 Å². The van der Waals surface area contributed by atoms with Crippen LogP contribution < -0.4 is 9.46 Å². The van der Waals surface area contributed by atoms with E-state index in [1.54, 1.807) is 11.6 Å². The minimum Gasteiger partial charge on any atom is -0.493 e.